The van der Waals surface area contributed by atoms with Gasteiger partial charge in [-0.1, -0.05) is 0 Å². The molecule has 0 N–H and O–H groups in total. The van der Waals surface area contributed by atoms with E-state index in [2.05, 4.69) is 62.4 Å². The second-order valence-electron chi connectivity index (χ2n) is 4.11. The van der Waals surface area contributed by atoms with Gasteiger partial charge in [0.25, 0.3) is 0 Å². The van der Waals surface area contributed by atoms with Crippen molar-refractivity contribution < 1.29 is 23.3 Å². The number of hydrogen-bond acceptors (Lipinski definition) is 0. The van der Waals surface area contributed by atoms with Crippen LogP contribution in [0, 0.1) is 13.8 Å². The third-order valence-corrected chi connectivity index (χ3v) is 8.76. The number of hydrogen-bond donors (Lipinski definition) is 0. The van der Waals surface area contributed by atoms with Gasteiger partial charge in [0, 0.05) is 0 Å². The Labute approximate surface area is 112 Å². The van der Waals surface area contributed by atoms with E-state index in [4.69, 9.17) is 0 Å². The zero-order chi connectivity index (χ0) is 11.5. The monoisotopic (exact) mass is 300 g/mol. The van der Waals surface area contributed by atoms with Gasteiger partial charge in [0.15, 0.2) is 0 Å². The molecule has 0 aliphatic heterocycles. The van der Waals surface area contributed by atoms with E-state index in [-0.39, 0.29) is 0 Å². The Hall–Kier alpha value is -0.460. The zero-order valence-electron chi connectivity index (χ0n) is 9.62. The van der Waals surface area contributed by atoms with Crippen LogP contribution in [0.5, 0.6) is 0 Å². The molecule has 0 saturated carbocycles. The molecule has 0 fully saturated rings. The molecule has 0 atom stereocenters. The van der Waals surface area contributed by atoms with Crippen molar-refractivity contribution in [1.29, 1.82) is 0 Å². The summed E-state index contributed by atoms with van der Waals surface area (Å²) in [5.74, 6) is 0. The van der Waals surface area contributed by atoms with E-state index in [0.29, 0.717) is 0 Å². The molecule has 76 valence electrons. The molecular weight excluding hydrogens is 287 g/mol. The van der Waals surface area contributed by atoms with Crippen LogP contribution in [0.25, 0.3) is 0 Å². The van der Waals surface area contributed by atoms with Crippen LogP contribution in [0.4, 0.5) is 0 Å². The van der Waals surface area contributed by atoms with E-state index in [1.54, 1.807) is 23.3 Å². The fraction of sp³-hybridized carbons (Fsp3) is 0.143. The van der Waals surface area contributed by atoms with Crippen molar-refractivity contribution in [2.45, 2.75) is 13.8 Å². The summed E-state index contributed by atoms with van der Waals surface area (Å²) in [6.07, 6.45) is 0. The van der Waals surface area contributed by atoms with Crippen LogP contribution in [0.2, 0.25) is 0 Å². The van der Waals surface area contributed by atoms with E-state index in [1.807, 2.05) is 0 Å². The van der Waals surface area contributed by atoms with Crippen molar-refractivity contribution in [3.63, 3.8) is 0 Å². The Kier molecular flexibility index (Phi) is 3.94. The maximum atomic E-state index is 2.29. The molecule has 2 aromatic rings. The fourth-order valence-electron chi connectivity index (χ4n) is 1.61. The Morgan fingerprint density at radius 2 is 1.00 bits per heavy atom. The molecule has 0 saturated heterocycles. The molecule has 2 heteroatoms. The van der Waals surface area contributed by atoms with Crippen molar-refractivity contribution in [3.05, 3.63) is 59.7 Å². The Bertz CT molecular complexity index is 450. The summed E-state index contributed by atoms with van der Waals surface area (Å²) in [4.78, 5) is 0. The standard InChI is InChI=1S/C14H14Si.Zr/c1-11-3-7-13(8-4-11)15-14-9-5-12(2)6-10-14;/h3-10H,1-2H3;/q;+2. The first kappa shape index (κ1) is 12.0. The minimum absolute atomic E-state index is 0.488. The second-order valence-corrected chi connectivity index (χ2v) is 9.70. The van der Waals surface area contributed by atoms with Crippen molar-refractivity contribution in [2.24, 2.45) is 0 Å². The molecule has 0 nitrogen and oxygen atoms in total. The molecule has 0 aromatic heterocycles. The predicted octanol–water partition coefficient (Wildman–Crippen LogP) is 1.96. The average Bonchev–Trinajstić information content (AvgIpc) is 2.30. The summed E-state index contributed by atoms with van der Waals surface area (Å²) in [5.41, 5.74) is 2.20. The van der Waals surface area contributed by atoms with E-state index in [0.717, 1.165) is 0 Å². The molecule has 0 unspecified atom stereocenters. The van der Waals surface area contributed by atoms with E-state index in [9.17, 15) is 0 Å². The molecule has 0 bridgehead atoms. The van der Waals surface area contributed by atoms with Gasteiger partial charge in [0.1, 0.15) is 0 Å². The summed E-state index contributed by atoms with van der Waals surface area (Å²) >= 11 is 1.65. The van der Waals surface area contributed by atoms with Gasteiger partial charge in [0.2, 0.25) is 0 Å². The molecule has 16 heavy (non-hydrogen) atoms. The SMILES string of the molecule is Cc1ccc([Si](=[Zr+2])c2ccc(C)cc2)cc1. The fourth-order valence-corrected chi connectivity index (χ4v) is 5.40. The van der Waals surface area contributed by atoms with Crippen LogP contribution < -0.4 is 10.4 Å². The van der Waals surface area contributed by atoms with Crippen molar-refractivity contribution >= 4 is 15.8 Å². The van der Waals surface area contributed by atoms with Crippen LogP contribution in [0.1, 0.15) is 11.1 Å². The molecule has 0 heterocycles. The quantitative estimate of drug-likeness (QED) is 0.744. The summed E-state index contributed by atoms with van der Waals surface area (Å²) in [5, 5.41) is 3.05. The van der Waals surface area contributed by atoms with Crippen LogP contribution in [0.3, 0.4) is 0 Å². The number of aryl methyl sites for hydroxylation is 2. The van der Waals surface area contributed by atoms with Gasteiger partial charge in [-0.15, -0.1) is 0 Å². The van der Waals surface area contributed by atoms with Crippen LogP contribution in [-0.2, 0) is 23.3 Å². The predicted molar refractivity (Wildman–Crippen MR) is 67.4 cm³/mol. The van der Waals surface area contributed by atoms with Gasteiger partial charge in [-0.25, -0.2) is 0 Å². The van der Waals surface area contributed by atoms with Gasteiger partial charge >= 0.3 is 113 Å². The molecule has 0 radical (unpaired) electrons. The van der Waals surface area contributed by atoms with Gasteiger partial charge < -0.3 is 0 Å². The first-order chi connectivity index (χ1) is 7.66. The normalized spacial score (nSPS) is 10.2. The molecule has 0 spiro atoms. The van der Waals surface area contributed by atoms with E-state index in [1.165, 1.54) is 21.5 Å². The summed E-state index contributed by atoms with van der Waals surface area (Å²) < 4.78 is 0. The molecule has 0 amide bonds. The minimum atomic E-state index is -0.488. The Balaban J connectivity index is 2.32. The Morgan fingerprint density at radius 1 is 0.688 bits per heavy atom. The molecular formula is C14H14SiZr+2. The van der Waals surface area contributed by atoms with Gasteiger partial charge in [-0.05, 0) is 0 Å². The molecule has 2 aromatic carbocycles. The third kappa shape index (κ3) is 2.81. The number of benzene rings is 2. The van der Waals surface area contributed by atoms with Gasteiger partial charge in [-0.2, -0.15) is 0 Å². The third-order valence-electron chi connectivity index (χ3n) is 2.68. The number of rotatable bonds is 2. The van der Waals surface area contributed by atoms with E-state index < -0.39 is 5.43 Å². The first-order valence-electron chi connectivity index (χ1n) is 5.39. The van der Waals surface area contributed by atoms with Crippen molar-refractivity contribution in [2.75, 3.05) is 0 Å². The van der Waals surface area contributed by atoms with Crippen molar-refractivity contribution in [1.82, 2.24) is 0 Å². The average molecular weight is 302 g/mol. The van der Waals surface area contributed by atoms with Crippen molar-refractivity contribution in [3.8, 4) is 0 Å². The second kappa shape index (κ2) is 5.25. The van der Waals surface area contributed by atoms with Crippen LogP contribution in [0.15, 0.2) is 48.5 Å². The molecule has 0 aliphatic rings. The molecule has 2 rings (SSSR count). The molecule has 0 aliphatic carbocycles. The summed E-state index contributed by atoms with van der Waals surface area (Å²) in [6.45, 7) is 4.29. The Morgan fingerprint density at radius 3 is 1.31 bits per heavy atom. The van der Waals surface area contributed by atoms with Crippen LogP contribution >= 0.6 is 0 Å². The van der Waals surface area contributed by atoms with Gasteiger partial charge in [-0.3, -0.25) is 0 Å². The maximum absolute atomic E-state index is 2.29. The summed E-state index contributed by atoms with van der Waals surface area (Å²) in [7, 11) is 0. The summed E-state index contributed by atoms with van der Waals surface area (Å²) in [6, 6.07) is 18.0. The van der Waals surface area contributed by atoms with E-state index >= 15 is 0 Å². The zero-order valence-corrected chi connectivity index (χ0v) is 13.1. The topological polar surface area (TPSA) is 0 Å². The first-order valence-corrected chi connectivity index (χ1v) is 10.6. The van der Waals surface area contributed by atoms with Gasteiger partial charge in [0.05, 0.1) is 0 Å². The van der Waals surface area contributed by atoms with Crippen LogP contribution in [-0.4, -0.2) is 5.43 Å².